The summed E-state index contributed by atoms with van der Waals surface area (Å²) in [6, 6.07) is 10.5. The predicted octanol–water partition coefficient (Wildman–Crippen LogP) is 2.62. The van der Waals surface area contributed by atoms with Crippen molar-refractivity contribution in [2.45, 2.75) is 12.8 Å². The Labute approximate surface area is 125 Å². The first-order chi connectivity index (χ1) is 10.4. The predicted molar refractivity (Wildman–Crippen MR) is 84.2 cm³/mol. The van der Waals surface area contributed by atoms with E-state index in [2.05, 4.69) is 44.5 Å². The summed E-state index contributed by atoms with van der Waals surface area (Å²) in [6.07, 6.45) is 3.65. The van der Waals surface area contributed by atoms with Crippen LogP contribution >= 0.6 is 0 Å². The van der Waals surface area contributed by atoms with Crippen LogP contribution in [0.3, 0.4) is 0 Å². The Morgan fingerprint density at radius 1 is 1.29 bits per heavy atom. The molecular formula is C16H20N4O. The molecule has 21 heavy (non-hydrogen) atoms. The lowest BCUT2D eigenvalue weighted by Crippen LogP contribution is -2.15. The van der Waals surface area contributed by atoms with Crippen molar-refractivity contribution in [3.05, 3.63) is 42.2 Å². The number of methoxy groups -OCH3 is 1. The van der Waals surface area contributed by atoms with Gasteiger partial charge in [-0.1, -0.05) is 18.2 Å². The lowest BCUT2D eigenvalue weighted by Gasteiger charge is -2.18. The Morgan fingerprint density at radius 3 is 3.10 bits per heavy atom. The fourth-order valence-electron chi connectivity index (χ4n) is 2.60. The van der Waals surface area contributed by atoms with Crippen molar-refractivity contribution in [1.29, 1.82) is 0 Å². The number of nitrogens with one attached hydrogen (secondary N) is 1. The van der Waals surface area contributed by atoms with Crippen LogP contribution in [0.1, 0.15) is 12.0 Å². The van der Waals surface area contributed by atoms with Crippen LogP contribution in [-0.2, 0) is 11.2 Å². The minimum absolute atomic E-state index is 0.754. The molecule has 0 bridgehead atoms. The molecule has 1 aliphatic heterocycles. The molecule has 1 aromatic heterocycles. The minimum Gasteiger partial charge on any atom is -0.385 e. The molecule has 1 N–H and O–H groups in total. The molecule has 5 nitrogen and oxygen atoms in total. The third-order valence-corrected chi connectivity index (χ3v) is 3.65. The van der Waals surface area contributed by atoms with E-state index in [0.717, 1.165) is 44.2 Å². The van der Waals surface area contributed by atoms with E-state index in [1.807, 2.05) is 6.07 Å². The van der Waals surface area contributed by atoms with Crippen LogP contribution in [0.4, 0.5) is 17.3 Å². The number of hydrogen-bond acceptors (Lipinski definition) is 5. The van der Waals surface area contributed by atoms with Gasteiger partial charge in [0.05, 0.1) is 0 Å². The number of para-hydroxylation sites is 1. The van der Waals surface area contributed by atoms with Gasteiger partial charge in [0.2, 0.25) is 0 Å². The summed E-state index contributed by atoms with van der Waals surface area (Å²) in [5, 5.41) is 3.31. The molecule has 0 atom stereocenters. The van der Waals surface area contributed by atoms with Crippen LogP contribution in [0.2, 0.25) is 0 Å². The van der Waals surface area contributed by atoms with Gasteiger partial charge in [-0.3, -0.25) is 0 Å². The van der Waals surface area contributed by atoms with Gasteiger partial charge < -0.3 is 15.0 Å². The molecule has 1 aromatic carbocycles. The second-order valence-corrected chi connectivity index (χ2v) is 5.06. The van der Waals surface area contributed by atoms with E-state index in [4.69, 9.17) is 4.74 Å². The minimum atomic E-state index is 0.754. The zero-order valence-electron chi connectivity index (χ0n) is 12.2. The number of hydrogen-bond donors (Lipinski definition) is 1. The van der Waals surface area contributed by atoms with Gasteiger partial charge in [0.15, 0.2) is 0 Å². The molecule has 0 saturated heterocycles. The molecule has 0 aliphatic carbocycles. The molecule has 0 radical (unpaired) electrons. The van der Waals surface area contributed by atoms with E-state index in [1.54, 1.807) is 13.4 Å². The Bertz CT molecular complexity index is 602. The van der Waals surface area contributed by atoms with Crippen LogP contribution in [0.25, 0.3) is 0 Å². The third-order valence-electron chi connectivity index (χ3n) is 3.65. The third kappa shape index (κ3) is 3.13. The number of aromatic nitrogens is 2. The van der Waals surface area contributed by atoms with Crippen LogP contribution < -0.4 is 10.2 Å². The Morgan fingerprint density at radius 2 is 2.19 bits per heavy atom. The first-order valence-corrected chi connectivity index (χ1v) is 7.29. The summed E-state index contributed by atoms with van der Waals surface area (Å²) in [5.74, 6) is 1.81. The lowest BCUT2D eigenvalue weighted by molar-refractivity contribution is 0.198. The smallest absolute Gasteiger partial charge is 0.138 e. The number of nitrogens with zero attached hydrogens (tertiary/aromatic N) is 3. The monoisotopic (exact) mass is 284 g/mol. The van der Waals surface area contributed by atoms with Crippen molar-refractivity contribution in [2.24, 2.45) is 0 Å². The van der Waals surface area contributed by atoms with Crippen LogP contribution in [-0.4, -0.2) is 36.8 Å². The summed E-state index contributed by atoms with van der Waals surface area (Å²) in [7, 11) is 1.72. The molecule has 0 amide bonds. The van der Waals surface area contributed by atoms with Gasteiger partial charge >= 0.3 is 0 Å². The standard InChI is InChI=1S/C16H20N4O/c1-21-10-4-8-17-15-11-16(19-12-18-15)20-9-7-13-5-2-3-6-14(13)20/h2-3,5-6,11-12H,4,7-10H2,1H3,(H,17,18,19). The first kappa shape index (κ1) is 13.8. The quantitative estimate of drug-likeness (QED) is 0.826. The van der Waals surface area contributed by atoms with Gasteiger partial charge in [0, 0.05) is 38.6 Å². The van der Waals surface area contributed by atoms with Gasteiger partial charge in [-0.15, -0.1) is 0 Å². The Kier molecular flexibility index (Phi) is 4.31. The van der Waals surface area contributed by atoms with Crippen molar-refractivity contribution in [2.75, 3.05) is 37.0 Å². The van der Waals surface area contributed by atoms with E-state index in [1.165, 1.54) is 11.3 Å². The van der Waals surface area contributed by atoms with Gasteiger partial charge in [-0.25, -0.2) is 9.97 Å². The second-order valence-electron chi connectivity index (χ2n) is 5.06. The van der Waals surface area contributed by atoms with Crippen molar-refractivity contribution < 1.29 is 4.74 Å². The zero-order chi connectivity index (χ0) is 14.5. The SMILES string of the molecule is COCCCNc1cc(N2CCc3ccccc32)ncn1. The molecule has 0 spiro atoms. The Hall–Kier alpha value is -2.14. The van der Waals surface area contributed by atoms with Crippen LogP contribution in [0.15, 0.2) is 36.7 Å². The summed E-state index contributed by atoms with van der Waals surface area (Å²) < 4.78 is 5.04. The molecular weight excluding hydrogens is 264 g/mol. The molecule has 0 fully saturated rings. The number of anilines is 3. The molecule has 5 heteroatoms. The highest BCUT2D eigenvalue weighted by molar-refractivity contribution is 5.68. The topological polar surface area (TPSA) is 50.3 Å². The van der Waals surface area contributed by atoms with Crippen LogP contribution in [0.5, 0.6) is 0 Å². The van der Waals surface area contributed by atoms with Crippen molar-refractivity contribution in [3.63, 3.8) is 0 Å². The molecule has 2 heterocycles. The second kappa shape index (κ2) is 6.54. The maximum Gasteiger partial charge on any atom is 0.138 e. The molecule has 3 rings (SSSR count). The number of rotatable bonds is 6. The number of benzene rings is 1. The summed E-state index contributed by atoms with van der Waals surface area (Å²) >= 11 is 0. The average molecular weight is 284 g/mol. The van der Waals surface area contributed by atoms with E-state index in [9.17, 15) is 0 Å². The largest absolute Gasteiger partial charge is 0.385 e. The summed E-state index contributed by atoms with van der Waals surface area (Å²) in [6.45, 7) is 2.57. The molecule has 0 unspecified atom stereocenters. The average Bonchev–Trinajstić information content (AvgIpc) is 2.96. The fourth-order valence-corrected chi connectivity index (χ4v) is 2.60. The van der Waals surface area contributed by atoms with Crippen molar-refractivity contribution in [3.8, 4) is 0 Å². The van der Waals surface area contributed by atoms with E-state index in [-0.39, 0.29) is 0 Å². The van der Waals surface area contributed by atoms with Gasteiger partial charge in [0.25, 0.3) is 0 Å². The zero-order valence-corrected chi connectivity index (χ0v) is 12.2. The fraction of sp³-hybridized carbons (Fsp3) is 0.375. The maximum atomic E-state index is 5.04. The highest BCUT2D eigenvalue weighted by atomic mass is 16.5. The van der Waals surface area contributed by atoms with Gasteiger partial charge in [-0.2, -0.15) is 0 Å². The molecule has 1 aliphatic rings. The molecule has 110 valence electrons. The molecule has 0 saturated carbocycles. The van der Waals surface area contributed by atoms with Gasteiger partial charge in [-0.05, 0) is 24.5 Å². The van der Waals surface area contributed by atoms with E-state index in [0.29, 0.717) is 0 Å². The Balaban J connectivity index is 1.72. The lowest BCUT2D eigenvalue weighted by atomic mass is 10.2. The number of fused-ring (bicyclic) bond motifs is 1. The van der Waals surface area contributed by atoms with Crippen molar-refractivity contribution >= 4 is 17.3 Å². The number of ether oxygens (including phenoxy) is 1. The first-order valence-electron chi connectivity index (χ1n) is 7.29. The van der Waals surface area contributed by atoms with Crippen molar-refractivity contribution in [1.82, 2.24) is 9.97 Å². The highest BCUT2D eigenvalue weighted by Gasteiger charge is 2.20. The van der Waals surface area contributed by atoms with E-state index >= 15 is 0 Å². The maximum absolute atomic E-state index is 5.04. The van der Waals surface area contributed by atoms with E-state index < -0.39 is 0 Å². The highest BCUT2D eigenvalue weighted by Crippen LogP contribution is 2.33. The summed E-state index contributed by atoms with van der Waals surface area (Å²) in [5.41, 5.74) is 2.63. The summed E-state index contributed by atoms with van der Waals surface area (Å²) in [4.78, 5) is 10.9. The van der Waals surface area contributed by atoms with Gasteiger partial charge in [0.1, 0.15) is 18.0 Å². The normalized spacial score (nSPS) is 13.3. The molecule has 2 aromatic rings. The van der Waals surface area contributed by atoms with Crippen LogP contribution in [0, 0.1) is 0 Å².